The molecule has 1 aliphatic rings. The fraction of sp³-hybridized carbons (Fsp3) is 0.381. The molecule has 3 heteroatoms. The lowest BCUT2D eigenvalue weighted by Crippen LogP contribution is -2.42. The van der Waals surface area contributed by atoms with Gasteiger partial charge in [0.1, 0.15) is 6.04 Å². The molecule has 1 N–H and O–H groups in total. The van der Waals surface area contributed by atoms with Gasteiger partial charge >= 0.3 is 5.97 Å². The van der Waals surface area contributed by atoms with Gasteiger partial charge in [0.2, 0.25) is 0 Å². The highest BCUT2D eigenvalue weighted by Crippen LogP contribution is 2.32. The van der Waals surface area contributed by atoms with Gasteiger partial charge in [-0.1, -0.05) is 79.9 Å². The average molecular weight is 323 g/mol. The number of hydrogen-bond donors (Lipinski definition) is 1. The van der Waals surface area contributed by atoms with Crippen LogP contribution in [0.2, 0.25) is 0 Å². The maximum Gasteiger partial charge on any atom is 0.320 e. The van der Waals surface area contributed by atoms with Gasteiger partial charge in [0.05, 0.1) is 0 Å². The molecule has 24 heavy (non-hydrogen) atoms. The van der Waals surface area contributed by atoms with E-state index < -0.39 is 12.0 Å². The molecular weight excluding hydrogens is 298 g/mol. The first-order valence-electron chi connectivity index (χ1n) is 8.77. The summed E-state index contributed by atoms with van der Waals surface area (Å²) in [7, 11) is 0. The fourth-order valence-corrected chi connectivity index (χ4v) is 3.36. The second-order valence-corrected chi connectivity index (χ2v) is 6.76. The van der Waals surface area contributed by atoms with Crippen molar-refractivity contribution in [1.29, 1.82) is 0 Å². The van der Waals surface area contributed by atoms with E-state index in [4.69, 9.17) is 0 Å². The molecule has 3 rings (SSSR count). The number of hydrogen-bond acceptors (Lipinski definition) is 2. The molecule has 0 spiro atoms. The average Bonchev–Trinajstić information content (AvgIpc) is 2.55. The second kappa shape index (κ2) is 8.11. The van der Waals surface area contributed by atoms with Crippen LogP contribution >= 0.6 is 0 Å². The Morgan fingerprint density at radius 3 is 1.83 bits per heavy atom. The zero-order chi connectivity index (χ0) is 16.8. The van der Waals surface area contributed by atoms with Crippen molar-refractivity contribution in [3.63, 3.8) is 0 Å². The monoisotopic (exact) mass is 323 g/mol. The highest BCUT2D eigenvalue weighted by molar-refractivity contribution is 5.73. The van der Waals surface area contributed by atoms with E-state index in [2.05, 4.69) is 29.2 Å². The molecule has 1 aliphatic carbocycles. The van der Waals surface area contributed by atoms with Crippen LogP contribution in [0.5, 0.6) is 0 Å². The Labute approximate surface area is 143 Å². The van der Waals surface area contributed by atoms with Crippen molar-refractivity contribution in [2.45, 2.75) is 44.8 Å². The van der Waals surface area contributed by atoms with E-state index in [9.17, 15) is 9.90 Å². The van der Waals surface area contributed by atoms with Crippen LogP contribution in [0.3, 0.4) is 0 Å². The molecule has 2 aromatic rings. The summed E-state index contributed by atoms with van der Waals surface area (Å²) in [6, 6.07) is 19.9. The lowest BCUT2D eigenvalue weighted by Gasteiger charge is -2.34. The summed E-state index contributed by atoms with van der Waals surface area (Å²) in [5, 5.41) is 9.83. The van der Waals surface area contributed by atoms with Crippen molar-refractivity contribution in [3.8, 4) is 0 Å². The van der Waals surface area contributed by atoms with E-state index in [1.807, 2.05) is 36.4 Å². The molecule has 3 nitrogen and oxygen atoms in total. The summed E-state index contributed by atoms with van der Waals surface area (Å²) < 4.78 is 0. The van der Waals surface area contributed by atoms with Gasteiger partial charge in [-0.2, -0.15) is 0 Å². The lowest BCUT2D eigenvalue weighted by molar-refractivity contribution is -0.145. The molecule has 0 saturated heterocycles. The van der Waals surface area contributed by atoms with Gasteiger partial charge in [-0.25, -0.2) is 0 Å². The molecule has 0 radical (unpaired) electrons. The minimum Gasteiger partial charge on any atom is -0.480 e. The van der Waals surface area contributed by atoms with Gasteiger partial charge in [-0.3, -0.25) is 9.69 Å². The van der Waals surface area contributed by atoms with Crippen LogP contribution in [0.4, 0.5) is 0 Å². The number of aliphatic carboxylic acids is 1. The molecule has 0 unspecified atom stereocenters. The van der Waals surface area contributed by atoms with Gasteiger partial charge in [0.15, 0.2) is 0 Å². The van der Waals surface area contributed by atoms with Crippen LogP contribution in [-0.4, -0.2) is 22.0 Å². The predicted molar refractivity (Wildman–Crippen MR) is 95.5 cm³/mol. The normalized spacial score (nSPS) is 15.9. The topological polar surface area (TPSA) is 40.5 Å². The van der Waals surface area contributed by atoms with Gasteiger partial charge in [0, 0.05) is 13.1 Å². The van der Waals surface area contributed by atoms with E-state index in [1.54, 1.807) is 0 Å². The van der Waals surface area contributed by atoms with E-state index in [0.29, 0.717) is 19.0 Å². The standard InChI is InChI=1S/C21H25NO2/c23-21(24)20(14-17-12-7-13-17)22(15-18-8-3-1-4-9-18)16-19-10-5-2-6-11-19/h1-6,8-11,17,20H,7,12-16H2,(H,23,24)/t20-/m0/s1. The van der Waals surface area contributed by atoms with Crippen molar-refractivity contribution in [2.24, 2.45) is 5.92 Å². The summed E-state index contributed by atoms with van der Waals surface area (Å²) in [6.45, 7) is 1.33. The number of carbonyl (C=O) groups is 1. The van der Waals surface area contributed by atoms with Crippen molar-refractivity contribution >= 4 is 5.97 Å². The quantitative estimate of drug-likeness (QED) is 0.786. The highest BCUT2D eigenvalue weighted by Gasteiger charge is 2.31. The second-order valence-electron chi connectivity index (χ2n) is 6.76. The van der Waals surface area contributed by atoms with E-state index in [-0.39, 0.29) is 0 Å². The van der Waals surface area contributed by atoms with Gasteiger partial charge in [0.25, 0.3) is 0 Å². The van der Waals surface area contributed by atoms with Crippen LogP contribution in [0.25, 0.3) is 0 Å². The number of carboxylic acid groups (broad SMARTS) is 1. The largest absolute Gasteiger partial charge is 0.480 e. The minimum atomic E-state index is -0.700. The number of nitrogens with zero attached hydrogens (tertiary/aromatic N) is 1. The Morgan fingerprint density at radius 1 is 0.958 bits per heavy atom. The molecule has 0 aliphatic heterocycles. The molecule has 1 atom stereocenters. The summed E-state index contributed by atoms with van der Waals surface area (Å²) in [5.41, 5.74) is 2.32. The van der Waals surface area contributed by atoms with Crippen LogP contribution in [0, 0.1) is 5.92 Å². The SMILES string of the molecule is O=C(O)[C@H](CC1CCC1)N(Cc1ccccc1)Cc1ccccc1. The van der Waals surface area contributed by atoms with Crippen LogP contribution in [-0.2, 0) is 17.9 Å². The number of benzene rings is 2. The fourth-order valence-electron chi connectivity index (χ4n) is 3.36. The Kier molecular flexibility index (Phi) is 5.65. The number of rotatable bonds is 8. The van der Waals surface area contributed by atoms with Gasteiger partial charge in [-0.05, 0) is 23.5 Å². The first kappa shape index (κ1) is 16.7. The first-order valence-corrected chi connectivity index (χ1v) is 8.77. The molecule has 0 aromatic heterocycles. The molecule has 1 fully saturated rings. The molecule has 0 heterocycles. The third kappa shape index (κ3) is 4.45. The minimum absolute atomic E-state index is 0.421. The molecule has 1 saturated carbocycles. The van der Waals surface area contributed by atoms with Crippen molar-refractivity contribution in [2.75, 3.05) is 0 Å². The maximum atomic E-state index is 12.0. The Hall–Kier alpha value is -2.13. The van der Waals surface area contributed by atoms with Crippen molar-refractivity contribution in [3.05, 3.63) is 71.8 Å². The summed E-state index contributed by atoms with van der Waals surface area (Å²) in [4.78, 5) is 14.1. The molecular formula is C21H25NO2. The highest BCUT2D eigenvalue weighted by atomic mass is 16.4. The smallest absolute Gasteiger partial charge is 0.320 e. The van der Waals surface area contributed by atoms with Crippen LogP contribution in [0.15, 0.2) is 60.7 Å². The summed E-state index contributed by atoms with van der Waals surface area (Å²) >= 11 is 0. The molecule has 126 valence electrons. The van der Waals surface area contributed by atoms with Crippen molar-refractivity contribution < 1.29 is 9.90 Å². The third-order valence-corrected chi connectivity index (χ3v) is 4.96. The molecule has 0 amide bonds. The Morgan fingerprint density at radius 2 is 1.46 bits per heavy atom. The van der Waals surface area contributed by atoms with Gasteiger partial charge in [-0.15, -0.1) is 0 Å². The van der Waals surface area contributed by atoms with Crippen LogP contribution in [0.1, 0.15) is 36.8 Å². The van der Waals surface area contributed by atoms with Crippen LogP contribution < -0.4 is 0 Å². The zero-order valence-corrected chi connectivity index (χ0v) is 14.0. The van der Waals surface area contributed by atoms with Gasteiger partial charge < -0.3 is 5.11 Å². The number of carboxylic acids is 1. The predicted octanol–water partition coefficient (Wildman–Crippen LogP) is 4.33. The van der Waals surface area contributed by atoms with E-state index in [1.165, 1.54) is 19.3 Å². The molecule has 2 aromatic carbocycles. The molecule has 0 bridgehead atoms. The van der Waals surface area contributed by atoms with E-state index >= 15 is 0 Å². The summed E-state index contributed by atoms with van der Waals surface area (Å²) in [5.74, 6) is -0.131. The van der Waals surface area contributed by atoms with E-state index in [0.717, 1.165) is 17.5 Å². The zero-order valence-electron chi connectivity index (χ0n) is 14.0. The Bertz CT molecular complexity index is 596. The first-order chi connectivity index (χ1) is 11.7. The third-order valence-electron chi connectivity index (χ3n) is 4.96. The lowest BCUT2D eigenvalue weighted by atomic mass is 9.80. The summed E-state index contributed by atoms with van der Waals surface area (Å²) in [6.07, 6.45) is 4.35. The van der Waals surface area contributed by atoms with Crippen molar-refractivity contribution in [1.82, 2.24) is 4.90 Å². The Balaban J connectivity index is 1.79. The maximum absolute atomic E-state index is 12.0.